The van der Waals surface area contributed by atoms with Crippen LogP contribution in [-0.4, -0.2) is 63.2 Å². The molecule has 1 heterocycles. The van der Waals surface area contributed by atoms with Crippen LogP contribution < -0.4 is 15.0 Å². The number of piperazine rings is 1. The first-order valence-electron chi connectivity index (χ1n) is 9.77. The Hall–Kier alpha value is -3.06. The number of ether oxygens (including phenoxy) is 2. The van der Waals surface area contributed by atoms with Gasteiger partial charge in [0.25, 0.3) is 0 Å². The Balaban J connectivity index is 1.46. The molecule has 0 unspecified atom stereocenters. The zero-order valence-electron chi connectivity index (χ0n) is 16.9. The normalized spacial score (nSPS) is 14.3. The van der Waals surface area contributed by atoms with Crippen molar-refractivity contribution in [2.45, 2.75) is 6.92 Å². The Morgan fingerprint density at radius 1 is 1.03 bits per heavy atom. The quantitative estimate of drug-likeness (QED) is 0.725. The highest BCUT2D eigenvalue weighted by molar-refractivity contribution is 5.94. The van der Waals surface area contributed by atoms with E-state index < -0.39 is 0 Å². The first-order valence-corrected chi connectivity index (χ1v) is 9.77. The second kappa shape index (κ2) is 9.93. The van der Waals surface area contributed by atoms with Crippen molar-refractivity contribution in [2.75, 3.05) is 56.7 Å². The monoisotopic (exact) mass is 397 g/mol. The molecule has 1 aliphatic heterocycles. The van der Waals surface area contributed by atoms with Crippen LogP contribution in [0.5, 0.6) is 5.75 Å². The van der Waals surface area contributed by atoms with E-state index in [4.69, 9.17) is 9.47 Å². The zero-order valence-corrected chi connectivity index (χ0v) is 16.9. The van der Waals surface area contributed by atoms with Crippen LogP contribution in [0.2, 0.25) is 0 Å². The number of anilines is 2. The number of amides is 1. The number of carbonyl (C=O) groups excluding carboxylic acids is 2. The predicted molar refractivity (Wildman–Crippen MR) is 113 cm³/mol. The van der Waals surface area contributed by atoms with Gasteiger partial charge in [0, 0.05) is 43.6 Å². The molecule has 0 saturated carbocycles. The summed E-state index contributed by atoms with van der Waals surface area (Å²) < 4.78 is 10.3. The fraction of sp³-hybridized carbons (Fsp3) is 0.364. The number of rotatable bonds is 7. The molecule has 0 aromatic heterocycles. The van der Waals surface area contributed by atoms with Gasteiger partial charge in [-0.2, -0.15) is 0 Å². The lowest BCUT2D eigenvalue weighted by Gasteiger charge is -2.35. The Morgan fingerprint density at radius 3 is 2.41 bits per heavy atom. The average molecular weight is 397 g/mol. The number of hydrogen-bond donors (Lipinski definition) is 1. The van der Waals surface area contributed by atoms with E-state index in [1.165, 1.54) is 0 Å². The van der Waals surface area contributed by atoms with Crippen LogP contribution in [0.3, 0.4) is 0 Å². The fourth-order valence-corrected chi connectivity index (χ4v) is 3.28. The van der Waals surface area contributed by atoms with Crippen molar-refractivity contribution in [1.29, 1.82) is 0 Å². The second-order valence-corrected chi connectivity index (χ2v) is 6.81. The summed E-state index contributed by atoms with van der Waals surface area (Å²) in [6.07, 6.45) is 0. The minimum atomic E-state index is -0.362. The molecule has 2 aromatic rings. The molecule has 3 rings (SSSR count). The smallest absolute Gasteiger partial charge is 0.338 e. The van der Waals surface area contributed by atoms with Gasteiger partial charge in [0.2, 0.25) is 5.91 Å². The predicted octanol–water partition coefficient (Wildman–Crippen LogP) is 2.63. The van der Waals surface area contributed by atoms with Gasteiger partial charge in [-0.3, -0.25) is 9.69 Å². The van der Waals surface area contributed by atoms with Gasteiger partial charge in [-0.15, -0.1) is 0 Å². The van der Waals surface area contributed by atoms with E-state index in [0.29, 0.717) is 24.4 Å². The Bertz CT molecular complexity index is 830. The van der Waals surface area contributed by atoms with Gasteiger partial charge in [0.05, 0.1) is 25.8 Å². The van der Waals surface area contributed by atoms with Crippen LogP contribution in [0.25, 0.3) is 0 Å². The van der Waals surface area contributed by atoms with E-state index in [9.17, 15) is 9.59 Å². The summed E-state index contributed by atoms with van der Waals surface area (Å²) in [5.74, 6) is 0.418. The summed E-state index contributed by atoms with van der Waals surface area (Å²) in [5, 5.41) is 2.88. The molecule has 0 bridgehead atoms. The number of methoxy groups -OCH3 is 1. The summed E-state index contributed by atoms with van der Waals surface area (Å²) in [6, 6.07) is 14.8. The summed E-state index contributed by atoms with van der Waals surface area (Å²) >= 11 is 0. The van der Waals surface area contributed by atoms with E-state index in [0.717, 1.165) is 37.6 Å². The molecule has 1 fully saturated rings. The SMILES string of the molecule is CCOC(=O)c1ccc(NC(=O)CN2CCN(c3cccc(OC)c3)CC2)cc1. The highest BCUT2D eigenvalue weighted by atomic mass is 16.5. The van der Waals surface area contributed by atoms with E-state index in [1.807, 2.05) is 18.2 Å². The number of benzene rings is 2. The van der Waals surface area contributed by atoms with Gasteiger partial charge in [0.1, 0.15) is 5.75 Å². The standard InChI is InChI=1S/C22H27N3O4/c1-3-29-22(27)17-7-9-18(10-8-17)23-21(26)16-24-11-13-25(14-12-24)19-5-4-6-20(15-19)28-2/h4-10,15H,3,11-14,16H2,1-2H3,(H,23,26). The highest BCUT2D eigenvalue weighted by Gasteiger charge is 2.19. The summed E-state index contributed by atoms with van der Waals surface area (Å²) in [5.41, 5.74) is 2.27. The molecule has 1 amide bonds. The van der Waals surface area contributed by atoms with Gasteiger partial charge in [-0.25, -0.2) is 4.79 Å². The molecule has 2 aromatic carbocycles. The maximum atomic E-state index is 12.4. The maximum Gasteiger partial charge on any atom is 0.338 e. The van der Waals surface area contributed by atoms with Crippen LogP contribution in [0.4, 0.5) is 11.4 Å². The molecule has 7 nitrogen and oxygen atoms in total. The van der Waals surface area contributed by atoms with Crippen molar-refractivity contribution in [3.05, 3.63) is 54.1 Å². The third-order valence-corrected chi connectivity index (χ3v) is 4.84. The summed E-state index contributed by atoms with van der Waals surface area (Å²) in [4.78, 5) is 28.5. The van der Waals surface area contributed by atoms with Crippen molar-refractivity contribution < 1.29 is 19.1 Å². The molecule has 154 valence electrons. The van der Waals surface area contributed by atoms with Gasteiger partial charge >= 0.3 is 5.97 Å². The maximum absolute atomic E-state index is 12.4. The molecule has 1 saturated heterocycles. The lowest BCUT2D eigenvalue weighted by molar-refractivity contribution is -0.117. The third kappa shape index (κ3) is 5.71. The first-order chi connectivity index (χ1) is 14.1. The van der Waals surface area contributed by atoms with Crippen LogP contribution in [0.15, 0.2) is 48.5 Å². The Morgan fingerprint density at radius 2 is 1.76 bits per heavy atom. The average Bonchev–Trinajstić information content (AvgIpc) is 2.75. The molecule has 0 atom stereocenters. The Kier molecular flexibility index (Phi) is 7.08. The fourth-order valence-electron chi connectivity index (χ4n) is 3.28. The minimum Gasteiger partial charge on any atom is -0.497 e. The lowest BCUT2D eigenvalue weighted by atomic mass is 10.2. The molecule has 0 spiro atoms. The molecular formula is C22H27N3O4. The van der Waals surface area contributed by atoms with Crippen LogP contribution >= 0.6 is 0 Å². The highest BCUT2D eigenvalue weighted by Crippen LogP contribution is 2.22. The van der Waals surface area contributed by atoms with Crippen molar-refractivity contribution in [1.82, 2.24) is 4.90 Å². The topological polar surface area (TPSA) is 71.1 Å². The second-order valence-electron chi connectivity index (χ2n) is 6.81. The Labute approximate surface area is 171 Å². The third-order valence-electron chi connectivity index (χ3n) is 4.84. The minimum absolute atomic E-state index is 0.0660. The zero-order chi connectivity index (χ0) is 20.6. The molecule has 0 aliphatic carbocycles. The van der Waals surface area contributed by atoms with E-state index in [2.05, 4.69) is 21.2 Å². The molecule has 29 heavy (non-hydrogen) atoms. The van der Waals surface area contributed by atoms with E-state index in [-0.39, 0.29) is 11.9 Å². The molecule has 7 heteroatoms. The molecule has 0 radical (unpaired) electrons. The van der Waals surface area contributed by atoms with E-state index >= 15 is 0 Å². The number of hydrogen-bond acceptors (Lipinski definition) is 6. The van der Waals surface area contributed by atoms with Gasteiger partial charge in [-0.1, -0.05) is 6.07 Å². The number of nitrogens with zero attached hydrogens (tertiary/aromatic N) is 2. The first kappa shape index (κ1) is 20.7. The van der Waals surface area contributed by atoms with E-state index in [1.54, 1.807) is 38.3 Å². The van der Waals surface area contributed by atoms with Crippen LogP contribution in [-0.2, 0) is 9.53 Å². The largest absolute Gasteiger partial charge is 0.497 e. The molecule has 1 aliphatic rings. The van der Waals surface area contributed by atoms with Crippen LogP contribution in [0, 0.1) is 0 Å². The summed E-state index contributed by atoms with van der Waals surface area (Å²) in [7, 11) is 1.67. The number of carbonyl (C=O) groups is 2. The van der Waals surface area contributed by atoms with Gasteiger partial charge in [0.15, 0.2) is 0 Å². The van der Waals surface area contributed by atoms with Gasteiger partial charge < -0.3 is 19.7 Å². The molecule has 1 N–H and O–H groups in total. The van der Waals surface area contributed by atoms with Crippen molar-refractivity contribution in [3.8, 4) is 5.75 Å². The van der Waals surface area contributed by atoms with Crippen LogP contribution in [0.1, 0.15) is 17.3 Å². The van der Waals surface area contributed by atoms with Crippen molar-refractivity contribution in [3.63, 3.8) is 0 Å². The van der Waals surface area contributed by atoms with Crippen molar-refractivity contribution >= 4 is 23.3 Å². The number of nitrogens with one attached hydrogen (secondary N) is 1. The number of esters is 1. The van der Waals surface area contributed by atoms with Crippen molar-refractivity contribution in [2.24, 2.45) is 0 Å². The molecular weight excluding hydrogens is 370 g/mol. The van der Waals surface area contributed by atoms with Gasteiger partial charge in [-0.05, 0) is 43.3 Å². The lowest BCUT2D eigenvalue weighted by Crippen LogP contribution is -2.48. The summed E-state index contributed by atoms with van der Waals surface area (Å²) in [6.45, 7) is 5.78.